The van der Waals surface area contributed by atoms with Crippen LogP contribution in [0, 0.1) is 0 Å². The zero-order valence-corrected chi connectivity index (χ0v) is 17.4. The summed E-state index contributed by atoms with van der Waals surface area (Å²) in [5.74, 6) is 0.623. The number of carbonyl (C=O) groups is 2. The highest BCUT2D eigenvalue weighted by atomic mass is 35.5. The number of urea groups is 1. The summed E-state index contributed by atoms with van der Waals surface area (Å²) in [4.78, 5) is 24.7. The van der Waals surface area contributed by atoms with Crippen LogP contribution in [0.5, 0.6) is 11.5 Å². The predicted molar refractivity (Wildman–Crippen MR) is 119 cm³/mol. The van der Waals surface area contributed by atoms with E-state index < -0.39 is 0 Å². The number of fused-ring (bicyclic) bond motifs is 1. The molecule has 0 aromatic heterocycles. The van der Waals surface area contributed by atoms with Crippen LogP contribution in [0.3, 0.4) is 0 Å². The van der Waals surface area contributed by atoms with Gasteiger partial charge in [-0.2, -0.15) is 0 Å². The molecule has 3 amide bonds. The zero-order valence-electron chi connectivity index (χ0n) is 16.6. The molecule has 3 N–H and O–H groups in total. The number of amides is 3. The molecule has 0 saturated heterocycles. The van der Waals surface area contributed by atoms with Crippen LogP contribution in [0.15, 0.2) is 66.7 Å². The molecule has 158 valence electrons. The Morgan fingerprint density at radius 1 is 0.935 bits per heavy atom. The van der Waals surface area contributed by atoms with Gasteiger partial charge < -0.3 is 25.4 Å². The van der Waals surface area contributed by atoms with Gasteiger partial charge in [0.15, 0.2) is 11.5 Å². The highest BCUT2D eigenvalue weighted by Crippen LogP contribution is 2.39. The molecule has 1 unspecified atom stereocenters. The second-order valence-electron chi connectivity index (χ2n) is 6.95. The second-order valence-corrected chi connectivity index (χ2v) is 7.36. The van der Waals surface area contributed by atoms with Crippen LogP contribution < -0.4 is 25.4 Å². The molecule has 1 aliphatic heterocycles. The number of carbonyl (C=O) groups excluding carboxylic acids is 2. The second kappa shape index (κ2) is 8.97. The van der Waals surface area contributed by atoms with E-state index in [0.717, 1.165) is 5.56 Å². The summed E-state index contributed by atoms with van der Waals surface area (Å²) in [5, 5.41) is 8.79. The van der Waals surface area contributed by atoms with Crippen molar-refractivity contribution in [3.05, 3.63) is 82.9 Å². The predicted octanol–water partition coefficient (Wildman–Crippen LogP) is 5.20. The van der Waals surface area contributed by atoms with E-state index in [4.69, 9.17) is 21.1 Å². The summed E-state index contributed by atoms with van der Waals surface area (Å²) in [5.41, 5.74) is 2.61. The van der Waals surface area contributed by atoms with Crippen LogP contribution in [0.4, 0.5) is 16.2 Å². The molecule has 0 aliphatic carbocycles. The lowest BCUT2D eigenvalue weighted by molar-refractivity contribution is 0.0939. The molecule has 31 heavy (non-hydrogen) atoms. The SMILES string of the molecule is CC(NC(=O)c1cc(Cl)c2c(c1)OCO2)c1ccc(NC(=O)Nc2ccccc2)cc1. The number of ether oxygens (including phenoxy) is 2. The van der Waals surface area contributed by atoms with Crippen molar-refractivity contribution >= 4 is 34.9 Å². The summed E-state index contributed by atoms with van der Waals surface area (Å²) < 4.78 is 10.6. The Morgan fingerprint density at radius 3 is 2.32 bits per heavy atom. The van der Waals surface area contributed by atoms with Crippen molar-refractivity contribution in [2.24, 2.45) is 0 Å². The first-order chi connectivity index (χ1) is 15.0. The molecule has 0 saturated carbocycles. The third-order valence-corrected chi connectivity index (χ3v) is 5.02. The molecule has 1 heterocycles. The lowest BCUT2D eigenvalue weighted by Crippen LogP contribution is -2.26. The third-order valence-electron chi connectivity index (χ3n) is 4.74. The minimum Gasteiger partial charge on any atom is -0.454 e. The maximum Gasteiger partial charge on any atom is 0.323 e. The Bertz CT molecular complexity index is 1100. The van der Waals surface area contributed by atoms with Gasteiger partial charge in [-0.25, -0.2) is 4.79 Å². The monoisotopic (exact) mass is 437 g/mol. The van der Waals surface area contributed by atoms with Crippen molar-refractivity contribution in [1.82, 2.24) is 5.32 Å². The van der Waals surface area contributed by atoms with Gasteiger partial charge in [-0.3, -0.25) is 4.79 Å². The van der Waals surface area contributed by atoms with E-state index in [9.17, 15) is 9.59 Å². The van der Waals surface area contributed by atoms with Gasteiger partial charge in [0, 0.05) is 16.9 Å². The van der Waals surface area contributed by atoms with Crippen LogP contribution in [-0.4, -0.2) is 18.7 Å². The highest BCUT2D eigenvalue weighted by molar-refractivity contribution is 6.32. The minimum absolute atomic E-state index is 0.0836. The van der Waals surface area contributed by atoms with Gasteiger partial charge in [-0.15, -0.1) is 0 Å². The number of anilines is 2. The molecule has 7 nitrogen and oxygen atoms in total. The summed E-state index contributed by atoms with van der Waals surface area (Å²) >= 11 is 6.16. The fourth-order valence-electron chi connectivity index (χ4n) is 3.13. The summed E-state index contributed by atoms with van der Waals surface area (Å²) in [6.45, 7) is 1.96. The number of para-hydroxylation sites is 1. The molecule has 4 rings (SSSR count). The Hall–Kier alpha value is -3.71. The molecule has 3 aromatic carbocycles. The topological polar surface area (TPSA) is 88.7 Å². The number of hydrogen-bond donors (Lipinski definition) is 3. The minimum atomic E-state index is -0.333. The molecule has 3 aromatic rings. The van der Waals surface area contributed by atoms with E-state index in [-0.39, 0.29) is 24.8 Å². The van der Waals surface area contributed by atoms with E-state index >= 15 is 0 Å². The molecule has 0 spiro atoms. The van der Waals surface area contributed by atoms with Crippen molar-refractivity contribution in [3.8, 4) is 11.5 Å². The molecule has 1 aliphatic rings. The van der Waals surface area contributed by atoms with E-state index in [1.807, 2.05) is 37.3 Å². The maximum absolute atomic E-state index is 12.6. The number of benzene rings is 3. The van der Waals surface area contributed by atoms with Gasteiger partial charge in [0.25, 0.3) is 5.91 Å². The fourth-order valence-corrected chi connectivity index (χ4v) is 3.40. The Kier molecular flexibility index (Phi) is 5.95. The van der Waals surface area contributed by atoms with Crippen LogP contribution in [0.2, 0.25) is 5.02 Å². The van der Waals surface area contributed by atoms with Crippen LogP contribution in [-0.2, 0) is 0 Å². The molecule has 1 atom stereocenters. The number of rotatable bonds is 5. The van der Waals surface area contributed by atoms with Crippen molar-refractivity contribution in [1.29, 1.82) is 0 Å². The van der Waals surface area contributed by atoms with E-state index in [1.165, 1.54) is 0 Å². The first-order valence-electron chi connectivity index (χ1n) is 9.62. The van der Waals surface area contributed by atoms with Crippen molar-refractivity contribution in [2.45, 2.75) is 13.0 Å². The van der Waals surface area contributed by atoms with Crippen molar-refractivity contribution in [3.63, 3.8) is 0 Å². The van der Waals surface area contributed by atoms with Crippen LogP contribution >= 0.6 is 11.6 Å². The summed E-state index contributed by atoms with van der Waals surface area (Å²) in [6, 6.07) is 19.0. The molecular weight excluding hydrogens is 418 g/mol. The largest absolute Gasteiger partial charge is 0.454 e. The molecule has 0 radical (unpaired) electrons. The van der Waals surface area contributed by atoms with Crippen LogP contribution in [0.1, 0.15) is 28.9 Å². The Morgan fingerprint density at radius 2 is 1.61 bits per heavy atom. The van der Waals surface area contributed by atoms with Gasteiger partial charge in [0.05, 0.1) is 11.1 Å². The van der Waals surface area contributed by atoms with Crippen LogP contribution in [0.25, 0.3) is 0 Å². The molecule has 8 heteroatoms. The van der Waals surface area contributed by atoms with Gasteiger partial charge in [0.1, 0.15) is 0 Å². The number of nitrogens with one attached hydrogen (secondary N) is 3. The first-order valence-corrected chi connectivity index (χ1v) is 10.0. The zero-order chi connectivity index (χ0) is 21.8. The molecule has 0 bridgehead atoms. The van der Waals surface area contributed by atoms with E-state index in [2.05, 4.69) is 16.0 Å². The average molecular weight is 438 g/mol. The van der Waals surface area contributed by atoms with Gasteiger partial charge in [-0.1, -0.05) is 41.9 Å². The van der Waals surface area contributed by atoms with Gasteiger partial charge in [0.2, 0.25) is 6.79 Å². The van der Waals surface area contributed by atoms with E-state index in [1.54, 1.807) is 36.4 Å². The quantitative estimate of drug-likeness (QED) is 0.511. The van der Waals surface area contributed by atoms with Gasteiger partial charge >= 0.3 is 6.03 Å². The number of hydrogen-bond acceptors (Lipinski definition) is 4. The van der Waals surface area contributed by atoms with E-state index in [0.29, 0.717) is 33.5 Å². The third kappa shape index (κ3) is 4.90. The molecular formula is C23H20ClN3O4. The highest BCUT2D eigenvalue weighted by Gasteiger charge is 2.21. The molecule has 0 fully saturated rings. The average Bonchev–Trinajstić information content (AvgIpc) is 3.24. The Balaban J connectivity index is 1.36. The van der Waals surface area contributed by atoms with Gasteiger partial charge in [-0.05, 0) is 48.9 Å². The maximum atomic E-state index is 12.6. The normalized spacial score (nSPS) is 12.7. The summed E-state index contributed by atoms with van der Waals surface area (Å²) in [6.07, 6.45) is 0. The standard InChI is InChI=1S/C23H20ClN3O4/c1-14(25-22(28)16-11-19(24)21-20(12-16)30-13-31-21)15-7-9-18(10-8-15)27-23(29)26-17-5-3-2-4-6-17/h2-12,14H,13H2,1H3,(H,25,28)(H2,26,27,29). The number of halogens is 1. The van der Waals surface area contributed by atoms with Crippen molar-refractivity contribution in [2.75, 3.05) is 17.4 Å². The first kappa shape index (κ1) is 20.6. The Labute approximate surface area is 184 Å². The van der Waals surface area contributed by atoms with Crippen molar-refractivity contribution < 1.29 is 19.1 Å². The fraction of sp³-hybridized carbons (Fsp3) is 0.130. The lowest BCUT2D eigenvalue weighted by Gasteiger charge is -2.16. The lowest BCUT2D eigenvalue weighted by atomic mass is 10.1. The smallest absolute Gasteiger partial charge is 0.323 e. The summed E-state index contributed by atoms with van der Waals surface area (Å²) in [7, 11) is 0.